The predicted octanol–water partition coefficient (Wildman–Crippen LogP) is 0.271. The van der Waals surface area contributed by atoms with Gasteiger partial charge in [0.1, 0.15) is 24.6 Å². The van der Waals surface area contributed by atoms with Crippen LogP contribution in [0.1, 0.15) is 11.5 Å². The van der Waals surface area contributed by atoms with E-state index in [1.165, 1.54) is 0 Å². The van der Waals surface area contributed by atoms with Gasteiger partial charge in [-0.25, -0.2) is 0 Å². The van der Waals surface area contributed by atoms with E-state index in [1.54, 1.807) is 7.11 Å². The van der Waals surface area contributed by atoms with Gasteiger partial charge in [0.2, 0.25) is 0 Å². The van der Waals surface area contributed by atoms with E-state index in [4.69, 9.17) is 20.8 Å². The molecule has 0 saturated carbocycles. The van der Waals surface area contributed by atoms with Gasteiger partial charge in [-0.3, -0.25) is 4.98 Å². The number of nitrogens with zero attached hydrogens (tertiary/aromatic N) is 1. The first-order chi connectivity index (χ1) is 11.3. The summed E-state index contributed by atoms with van der Waals surface area (Å²) in [4.78, 5) is 4.30. The monoisotopic (exact) mass is 364 g/mol. The van der Waals surface area contributed by atoms with Crippen molar-refractivity contribution in [1.82, 2.24) is 4.98 Å². The molecule has 2 heterocycles. The summed E-state index contributed by atoms with van der Waals surface area (Å²) in [6.45, 7) is 1.59. The Morgan fingerprint density at radius 3 is 2.71 bits per heavy atom. The average molecular weight is 365 g/mol. The van der Waals surface area contributed by atoms with Crippen LogP contribution in [0.5, 0.6) is 5.75 Å². The number of halogens is 2. The van der Waals surface area contributed by atoms with Crippen molar-refractivity contribution in [3.8, 4) is 17.1 Å². The molecule has 0 unspecified atom stereocenters. The summed E-state index contributed by atoms with van der Waals surface area (Å²) in [5.41, 5.74) is 1.99. The highest BCUT2D eigenvalue weighted by Crippen LogP contribution is 2.30. The fourth-order valence-corrected chi connectivity index (χ4v) is 2.60. The molecule has 0 aliphatic carbocycles. The number of ether oxygens (including phenoxy) is 1. The lowest BCUT2D eigenvalue weighted by Crippen LogP contribution is -3.00. The molecule has 0 spiro atoms. The zero-order valence-corrected chi connectivity index (χ0v) is 14.7. The predicted molar refractivity (Wildman–Crippen MR) is 89.3 cm³/mol. The van der Waals surface area contributed by atoms with Crippen molar-refractivity contribution in [2.75, 3.05) is 7.11 Å². The first kappa shape index (κ1) is 18.3. The van der Waals surface area contributed by atoms with E-state index in [0.717, 1.165) is 35.9 Å². The van der Waals surface area contributed by atoms with Gasteiger partial charge >= 0.3 is 0 Å². The number of hydrogen-bond donors (Lipinski definition) is 1. The van der Waals surface area contributed by atoms with E-state index in [1.807, 2.05) is 54.7 Å². The van der Waals surface area contributed by atoms with Gasteiger partial charge in [-0.05, 0) is 42.5 Å². The third kappa shape index (κ3) is 4.51. The third-order valence-electron chi connectivity index (χ3n) is 3.52. The van der Waals surface area contributed by atoms with Gasteiger partial charge in [-0.15, -0.1) is 0 Å². The third-order valence-corrected chi connectivity index (χ3v) is 3.82. The van der Waals surface area contributed by atoms with Crippen LogP contribution in [0.25, 0.3) is 11.3 Å². The Morgan fingerprint density at radius 1 is 1.12 bits per heavy atom. The Morgan fingerprint density at radius 2 is 2.00 bits per heavy atom. The second kappa shape index (κ2) is 8.73. The molecule has 3 aromatic rings. The van der Waals surface area contributed by atoms with Crippen LogP contribution < -0.4 is 22.5 Å². The van der Waals surface area contributed by atoms with Gasteiger partial charge in [0, 0.05) is 11.8 Å². The van der Waals surface area contributed by atoms with Crippen LogP contribution in [0.4, 0.5) is 0 Å². The molecule has 0 saturated heterocycles. The first-order valence-corrected chi connectivity index (χ1v) is 7.78. The molecule has 0 atom stereocenters. The van der Waals surface area contributed by atoms with Crippen LogP contribution >= 0.6 is 11.6 Å². The number of methoxy groups -OCH3 is 1. The smallest absolute Gasteiger partial charge is 0.158 e. The van der Waals surface area contributed by atoms with Crippen LogP contribution in [0.2, 0.25) is 5.02 Å². The minimum absolute atomic E-state index is 0. The SMILES string of the molecule is COc1ccc(-c2ccc(C[NH2+]Cc3ccccn3)o2)cc1Cl.[Cl-]. The summed E-state index contributed by atoms with van der Waals surface area (Å²) < 4.78 is 11.0. The first-order valence-electron chi connectivity index (χ1n) is 7.40. The lowest BCUT2D eigenvalue weighted by Gasteiger charge is -2.04. The number of rotatable bonds is 6. The van der Waals surface area contributed by atoms with Crippen molar-refractivity contribution < 1.29 is 26.9 Å². The average Bonchev–Trinajstić information content (AvgIpc) is 3.05. The van der Waals surface area contributed by atoms with Crippen LogP contribution in [-0.4, -0.2) is 12.1 Å². The van der Waals surface area contributed by atoms with Gasteiger partial charge in [0.25, 0.3) is 0 Å². The van der Waals surface area contributed by atoms with Crippen molar-refractivity contribution in [3.63, 3.8) is 0 Å². The fraction of sp³-hybridized carbons (Fsp3) is 0.167. The number of pyridine rings is 1. The van der Waals surface area contributed by atoms with Crippen molar-refractivity contribution in [2.45, 2.75) is 13.1 Å². The molecule has 0 amide bonds. The number of nitrogens with two attached hydrogens (primary N) is 1. The van der Waals surface area contributed by atoms with Crippen molar-refractivity contribution in [3.05, 3.63) is 71.2 Å². The number of furan rings is 1. The van der Waals surface area contributed by atoms with E-state index in [2.05, 4.69) is 10.3 Å². The molecular formula is C18H18Cl2N2O2. The van der Waals surface area contributed by atoms with E-state index in [-0.39, 0.29) is 12.4 Å². The summed E-state index contributed by atoms with van der Waals surface area (Å²) in [5, 5.41) is 2.73. The maximum absolute atomic E-state index is 6.16. The van der Waals surface area contributed by atoms with Crippen molar-refractivity contribution in [1.29, 1.82) is 0 Å². The van der Waals surface area contributed by atoms with Gasteiger partial charge in [0.05, 0.1) is 17.8 Å². The normalized spacial score (nSPS) is 10.2. The standard InChI is InChI=1S/C18H17ClN2O2.ClH/c1-22-18-7-5-13(10-16(18)19)17-8-6-15(23-17)12-20-11-14-4-2-3-9-21-14;/h2-10,20H,11-12H2,1H3;1H. The van der Waals surface area contributed by atoms with Crippen LogP contribution in [0.3, 0.4) is 0 Å². The maximum atomic E-state index is 6.16. The highest BCUT2D eigenvalue weighted by molar-refractivity contribution is 6.32. The minimum atomic E-state index is 0. The topological polar surface area (TPSA) is 51.9 Å². The number of benzene rings is 1. The Bertz CT molecular complexity index is 776. The molecule has 0 bridgehead atoms. The molecule has 0 aliphatic heterocycles. The fourth-order valence-electron chi connectivity index (χ4n) is 2.34. The summed E-state index contributed by atoms with van der Waals surface area (Å²) in [6.07, 6.45) is 1.81. The number of hydrogen-bond acceptors (Lipinski definition) is 3. The van der Waals surface area contributed by atoms with Crippen molar-refractivity contribution in [2.24, 2.45) is 0 Å². The van der Waals surface area contributed by atoms with E-state index < -0.39 is 0 Å². The second-order valence-corrected chi connectivity index (χ2v) is 5.54. The van der Waals surface area contributed by atoms with Gasteiger partial charge in [-0.1, -0.05) is 17.7 Å². The van der Waals surface area contributed by atoms with Crippen molar-refractivity contribution >= 4 is 11.6 Å². The lowest BCUT2D eigenvalue weighted by molar-refractivity contribution is -0.688. The Labute approximate surface area is 152 Å². The molecule has 6 heteroatoms. The maximum Gasteiger partial charge on any atom is 0.158 e. The Hall–Kier alpha value is -2.01. The summed E-state index contributed by atoms with van der Waals surface area (Å²) in [5.74, 6) is 2.38. The zero-order chi connectivity index (χ0) is 16.1. The molecule has 126 valence electrons. The number of quaternary nitrogens is 1. The largest absolute Gasteiger partial charge is 1.00 e. The zero-order valence-electron chi connectivity index (χ0n) is 13.2. The van der Waals surface area contributed by atoms with E-state index in [0.29, 0.717) is 10.8 Å². The van der Waals surface area contributed by atoms with E-state index >= 15 is 0 Å². The molecule has 3 rings (SSSR count). The second-order valence-electron chi connectivity index (χ2n) is 5.13. The quantitative estimate of drug-likeness (QED) is 0.683. The molecule has 1 aromatic carbocycles. The van der Waals surface area contributed by atoms with Gasteiger partial charge in [-0.2, -0.15) is 0 Å². The van der Waals surface area contributed by atoms with Gasteiger partial charge < -0.3 is 26.9 Å². The lowest BCUT2D eigenvalue weighted by atomic mass is 10.2. The number of aromatic nitrogens is 1. The molecule has 4 nitrogen and oxygen atoms in total. The molecular weight excluding hydrogens is 347 g/mol. The van der Waals surface area contributed by atoms with Crippen LogP contribution in [0.15, 0.2) is 59.1 Å². The highest BCUT2D eigenvalue weighted by Gasteiger charge is 2.09. The van der Waals surface area contributed by atoms with E-state index in [9.17, 15) is 0 Å². The Kier molecular flexibility index (Phi) is 6.67. The minimum Gasteiger partial charge on any atom is -1.00 e. The van der Waals surface area contributed by atoms with Crippen LogP contribution in [0, 0.1) is 0 Å². The summed E-state index contributed by atoms with van der Waals surface area (Å²) >= 11 is 6.16. The summed E-state index contributed by atoms with van der Waals surface area (Å²) in [7, 11) is 1.60. The van der Waals surface area contributed by atoms with Crippen LogP contribution in [-0.2, 0) is 13.1 Å². The molecule has 0 fully saturated rings. The molecule has 2 N–H and O–H groups in total. The Balaban J connectivity index is 0.00000208. The molecule has 0 radical (unpaired) electrons. The highest BCUT2D eigenvalue weighted by atomic mass is 35.5. The van der Waals surface area contributed by atoms with Gasteiger partial charge in [0.15, 0.2) is 5.76 Å². The molecule has 24 heavy (non-hydrogen) atoms. The summed E-state index contributed by atoms with van der Waals surface area (Å²) in [6, 6.07) is 15.5. The molecule has 0 aliphatic rings. The molecule has 2 aromatic heterocycles.